The summed E-state index contributed by atoms with van der Waals surface area (Å²) in [6, 6.07) is 5.04. The highest BCUT2D eigenvalue weighted by Crippen LogP contribution is 2.22. The van der Waals surface area contributed by atoms with E-state index in [4.69, 9.17) is 5.73 Å². The van der Waals surface area contributed by atoms with E-state index in [1.807, 2.05) is 27.7 Å². The SMILES string of the molecule is CCCC(C)(C)NS(=O)(=O)c1cc(N)ccc1CC. The van der Waals surface area contributed by atoms with Crippen molar-refractivity contribution in [3.05, 3.63) is 23.8 Å². The quantitative estimate of drug-likeness (QED) is 0.789. The van der Waals surface area contributed by atoms with E-state index in [1.54, 1.807) is 12.1 Å². The van der Waals surface area contributed by atoms with Crippen molar-refractivity contribution < 1.29 is 8.42 Å². The number of hydrogen-bond acceptors (Lipinski definition) is 3. The molecule has 0 heterocycles. The number of rotatable bonds is 6. The maximum atomic E-state index is 12.5. The molecule has 108 valence electrons. The third-order valence-corrected chi connectivity index (χ3v) is 4.83. The minimum atomic E-state index is -3.54. The van der Waals surface area contributed by atoms with Gasteiger partial charge >= 0.3 is 0 Å². The molecule has 0 aliphatic carbocycles. The van der Waals surface area contributed by atoms with Gasteiger partial charge in [0.05, 0.1) is 4.90 Å². The zero-order valence-electron chi connectivity index (χ0n) is 12.2. The molecule has 0 aliphatic heterocycles. The van der Waals surface area contributed by atoms with Crippen LogP contribution in [0.1, 0.15) is 46.1 Å². The molecule has 3 N–H and O–H groups in total. The molecule has 5 heteroatoms. The molecule has 0 bridgehead atoms. The van der Waals surface area contributed by atoms with Gasteiger partial charge in [-0.2, -0.15) is 0 Å². The first-order valence-electron chi connectivity index (χ1n) is 6.64. The molecular formula is C14H24N2O2S. The molecule has 0 atom stereocenters. The smallest absolute Gasteiger partial charge is 0.241 e. The maximum absolute atomic E-state index is 12.5. The highest BCUT2D eigenvalue weighted by Gasteiger charge is 2.27. The van der Waals surface area contributed by atoms with Crippen LogP contribution in [0, 0.1) is 0 Å². The maximum Gasteiger partial charge on any atom is 0.241 e. The number of benzene rings is 1. The standard InChI is InChI=1S/C14H24N2O2S/c1-5-9-14(3,4)16-19(17,18)13-10-12(15)8-7-11(13)6-2/h7-8,10,16H,5-6,9,15H2,1-4H3. The largest absolute Gasteiger partial charge is 0.399 e. The summed E-state index contributed by atoms with van der Waals surface area (Å²) in [6.07, 6.45) is 2.37. The van der Waals surface area contributed by atoms with Crippen LogP contribution in [-0.4, -0.2) is 14.0 Å². The van der Waals surface area contributed by atoms with Gasteiger partial charge in [0.1, 0.15) is 0 Å². The van der Waals surface area contributed by atoms with Crippen LogP contribution in [0.15, 0.2) is 23.1 Å². The fourth-order valence-electron chi connectivity index (χ4n) is 2.21. The molecular weight excluding hydrogens is 260 g/mol. The van der Waals surface area contributed by atoms with Crippen LogP contribution in [0.25, 0.3) is 0 Å². The van der Waals surface area contributed by atoms with Gasteiger partial charge in [-0.05, 0) is 44.4 Å². The third kappa shape index (κ3) is 4.21. The molecule has 0 aromatic heterocycles. The van der Waals surface area contributed by atoms with Crippen LogP contribution in [0.4, 0.5) is 5.69 Å². The lowest BCUT2D eigenvalue weighted by Crippen LogP contribution is -2.43. The molecule has 0 amide bonds. The average Bonchev–Trinajstić information content (AvgIpc) is 2.27. The van der Waals surface area contributed by atoms with Crippen LogP contribution in [0.5, 0.6) is 0 Å². The van der Waals surface area contributed by atoms with Crippen molar-refractivity contribution in [1.29, 1.82) is 0 Å². The Bertz CT molecular complexity index is 536. The molecule has 1 aromatic rings. The number of anilines is 1. The highest BCUT2D eigenvalue weighted by molar-refractivity contribution is 7.89. The first kappa shape index (κ1) is 16.0. The van der Waals surface area contributed by atoms with E-state index in [0.717, 1.165) is 18.4 Å². The van der Waals surface area contributed by atoms with E-state index in [0.29, 0.717) is 17.0 Å². The minimum absolute atomic E-state index is 0.291. The second-order valence-electron chi connectivity index (χ2n) is 5.46. The number of nitrogens with one attached hydrogen (secondary N) is 1. The molecule has 0 unspecified atom stereocenters. The summed E-state index contributed by atoms with van der Waals surface area (Å²) >= 11 is 0. The Morgan fingerprint density at radius 3 is 2.42 bits per heavy atom. The molecule has 0 spiro atoms. The van der Waals surface area contributed by atoms with Gasteiger partial charge in [-0.3, -0.25) is 0 Å². The molecule has 0 saturated carbocycles. The molecule has 0 aliphatic rings. The third-order valence-electron chi connectivity index (χ3n) is 3.05. The normalized spacial score (nSPS) is 12.6. The number of sulfonamides is 1. The van der Waals surface area contributed by atoms with E-state index < -0.39 is 15.6 Å². The highest BCUT2D eigenvalue weighted by atomic mass is 32.2. The fourth-order valence-corrected chi connectivity index (χ4v) is 4.00. The van der Waals surface area contributed by atoms with Crippen molar-refractivity contribution >= 4 is 15.7 Å². The summed E-state index contributed by atoms with van der Waals surface area (Å²) in [6.45, 7) is 7.76. The molecule has 1 aromatic carbocycles. The van der Waals surface area contributed by atoms with Crippen LogP contribution >= 0.6 is 0 Å². The van der Waals surface area contributed by atoms with Gasteiger partial charge in [-0.1, -0.05) is 26.3 Å². The second kappa shape index (κ2) is 5.92. The first-order chi connectivity index (χ1) is 8.72. The van der Waals surface area contributed by atoms with Crippen molar-refractivity contribution in [2.75, 3.05) is 5.73 Å². The summed E-state index contributed by atoms with van der Waals surface area (Å²) in [5.41, 5.74) is 6.50. The van der Waals surface area contributed by atoms with E-state index in [2.05, 4.69) is 4.72 Å². The summed E-state index contributed by atoms with van der Waals surface area (Å²) in [4.78, 5) is 0.291. The monoisotopic (exact) mass is 284 g/mol. The Kier molecular flexibility index (Phi) is 4.98. The van der Waals surface area contributed by atoms with Crippen LogP contribution in [-0.2, 0) is 16.4 Å². The minimum Gasteiger partial charge on any atom is -0.399 e. The molecule has 0 fully saturated rings. The topological polar surface area (TPSA) is 72.2 Å². The Morgan fingerprint density at radius 1 is 1.26 bits per heavy atom. The predicted octanol–water partition coefficient (Wildman–Crippen LogP) is 2.69. The number of nitrogens with two attached hydrogens (primary N) is 1. The zero-order chi connectivity index (χ0) is 14.7. The van der Waals surface area contributed by atoms with E-state index in [-0.39, 0.29) is 0 Å². The summed E-state index contributed by atoms with van der Waals surface area (Å²) in [7, 11) is -3.54. The summed E-state index contributed by atoms with van der Waals surface area (Å²) in [5.74, 6) is 0. The molecule has 0 saturated heterocycles. The van der Waals surface area contributed by atoms with Crippen LogP contribution < -0.4 is 10.5 Å². The Labute approximate surface area is 116 Å². The van der Waals surface area contributed by atoms with Crippen molar-refractivity contribution in [3.63, 3.8) is 0 Å². The fraction of sp³-hybridized carbons (Fsp3) is 0.571. The Morgan fingerprint density at radius 2 is 1.89 bits per heavy atom. The number of hydrogen-bond donors (Lipinski definition) is 2. The lowest BCUT2D eigenvalue weighted by Gasteiger charge is -2.26. The van der Waals surface area contributed by atoms with Gasteiger partial charge < -0.3 is 5.73 Å². The van der Waals surface area contributed by atoms with Gasteiger partial charge in [-0.15, -0.1) is 0 Å². The molecule has 4 nitrogen and oxygen atoms in total. The predicted molar refractivity (Wildman–Crippen MR) is 79.5 cm³/mol. The van der Waals surface area contributed by atoms with Crippen molar-refractivity contribution in [2.45, 2.75) is 57.4 Å². The number of aryl methyl sites for hydroxylation is 1. The Balaban J connectivity index is 3.17. The number of nitrogen functional groups attached to an aromatic ring is 1. The van der Waals surface area contributed by atoms with Gasteiger partial charge in [0, 0.05) is 11.2 Å². The van der Waals surface area contributed by atoms with Gasteiger partial charge in [0.25, 0.3) is 0 Å². The van der Waals surface area contributed by atoms with Crippen molar-refractivity contribution in [2.24, 2.45) is 0 Å². The van der Waals surface area contributed by atoms with E-state index in [1.165, 1.54) is 6.07 Å². The zero-order valence-corrected chi connectivity index (χ0v) is 13.0. The summed E-state index contributed by atoms with van der Waals surface area (Å²) < 4.78 is 27.7. The van der Waals surface area contributed by atoms with Crippen molar-refractivity contribution in [1.82, 2.24) is 4.72 Å². The van der Waals surface area contributed by atoms with Gasteiger partial charge in [0.2, 0.25) is 10.0 Å². The molecule has 1 rings (SSSR count). The van der Waals surface area contributed by atoms with Crippen LogP contribution in [0.3, 0.4) is 0 Å². The van der Waals surface area contributed by atoms with Gasteiger partial charge in [-0.25, -0.2) is 13.1 Å². The Hall–Kier alpha value is -1.07. The van der Waals surface area contributed by atoms with E-state index >= 15 is 0 Å². The average molecular weight is 284 g/mol. The first-order valence-corrected chi connectivity index (χ1v) is 8.12. The van der Waals surface area contributed by atoms with Crippen molar-refractivity contribution in [3.8, 4) is 0 Å². The molecule has 0 radical (unpaired) electrons. The lowest BCUT2D eigenvalue weighted by molar-refractivity contribution is 0.417. The molecule has 19 heavy (non-hydrogen) atoms. The summed E-state index contributed by atoms with van der Waals surface area (Å²) in [5, 5.41) is 0. The van der Waals surface area contributed by atoms with Gasteiger partial charge in [0.15, 0.2) is 0 Å². The van der Waals surface area contributed by atoms with E-state index in [9.17, 15) is 8.42 Å². The van der Waals surface area contributed by atoms with Crippen LogP contribution in [0.2, 0.25) is 0 Å². The lowest BCUT2D eigenvalue weighted by atomic mass is 10.0. The second-order valence-corrected chi connectivity index (χ2v) is 7.11.